The van der Waals surface area contributed by atoms with Crippen molar-refractivity contribution in [2.75, 3.05) is 19.8 Å². The largest absolute Gasteiger partial charge is 0.460 e. The van der Waals surface area contributed by atoms with E-state index in [1.807, 2.05) is 6.07 Å². The first-order chi connectivity index (χ1) is 18.3. The Balaban J connectivity index is 1.42. The molecule has 3 aromatic heterocycles. The Morgan fingerprint density at radius 2 is 1.87 bits per heavy atom. The lowest BCUT2D eigenvalue weighted by atomic mass is 9.98. The Labute approximate surface area is 214 Å². The van der Waals surface area contributed by atoms with Crippen LogP contribution in [-0.2, 0) is 14.2 Å². The van der Waals surface area contributed by atoms with Crippen molar-refractivity contribution >= 4 is 27.3 Å². The minimum atomic E-state index is -1.99. The summed E-state index contributed by atoms with van der Waals surface area (Å²) < 4.78 is 24.4. The molecular formula is C25H26N2O11. The Kier molecular flexibility index (Phi) is 6.22. The molecule has 0 radical (unpaired) electrons. The van der Waals surface area contributed by atoms with E-state index in [-0.39, 0.29) is 11.3 Å². The lowest BCUT2D eigenvalue weighted by Gasteiger charge is -2.42. The molecule has 13 heteroatoms. The van der Waals surface area contributed by atoms with Crippen LogP contribution in [-0.4, -0.2) is 109 Å². The Morgan fingerprint density at radius 1 is 1.08 bits per heavy atom. The predicted octanol–water partition coefficient (Wildman–Crippen LogP) is -1.92. The van der Waals surface area contributed by atoms with E-state index in [1.54, 1.807) is 24.3 Å². The van der Waals surface area contributed by atoms with Gasteiger partial charge in [-0.05, 0) is 12.1 Å². The molecule has 13 nitrogen and oxygen atoms in total. The Bertz CT molecular complexity index is 1530. The monoisotopic (exact) mass is 530 g/mol. The highest BCUT2D eigenvalue weighted by Crippen LogP contribution is 2.38. The molecule has 1 aromatic carbocycles. The molecule has 6 rings (SSSR count). The summed E-state index contributed by atoms with van der Waals surface area (Å²) in [5, 5.41) is 62.5. The predicted molar refractivity (Wildman–Crippen MR) is 129 cm³/mol. The van der Waals surface area contributed by atoms with Crippen LogP contribution in [0, 0.1) is 0 Å². The molecule has 38 heavy (non-hydrogen) atoms. The second-order valence-corrected chi connectivity index (χ2v) is 9.57. The molecule has 0 aliphatic carbocycles. The van der Waals surface area contributed by atoms with Crippen molar-refractivity contribution in [3.63, 3.8) is 0 Å². The molecule has 0 unspecified atom stereocenters. The molecule has 6 N–H and O–H groups in total. The van der Waals surface area contributed by atoms with E-state index < -0.39 is 68.5 Å². The number of hydrogen-bond acceptors (Lipinski definition) is 12. The number of rotatable bonds is 6. The molecule has 2 saturated heterocycles. The average molecular weight is 530 g/mol. The van der Waals surface area contributed by atoms with E-state index in [0.29, 0.717) is 27.3 Å². The van der Waals surface area contributed by atoms with Crippen molar-refractivity contribution in [3.05, 3.63) is 52.9 Å². The lowest BCUT2D eigenvalue weighted by molar-refractivity contribution is -0.318. The lowest BCUT2D eigenvalue weighted by Crippen LogP contribution is -2.62. The number of aromatic nitrogens is 2. The first-order valence-electron chi connectivity index (χ1n) is 12.0. The minimum absolute atomic E-state index is 0.167. The van der Waals surface area contributed by atoms with E-state index in [4.69, 9.17) is 18.9 Å². The van der Waals surface area contributed by atoms with Gasteiger partial charge in [0.2, 0.25) is 6.29 Å². The number of nitrogens with zero attached hydrogens (tertiary/aromatic N) is 2. The quantitative estimate of drug-likeness (QED) is 0.162. The Morgan fingerprint density at radius 3 is 2.61 bits per heavy atom. The maximum Gasteiger partial charge on any atom is 0.255 e. The summed E-state index contributed by atoms with van der Waals surface area (Å²) in [6, 6.07) is 10.2. The van der Waals surface area contributed by atoms with Crippen LogP contribution in [0.4, 0.5) is 0 Å². The third kappa shape index (κ3) is 3.75. The van der Waals surface area contributed by atoms with Crippen molar-refractivity contribution in [1.29, 1.82) is 0 Å². The van der Waals surface area contributed by atoms with E-state index in [1.165, 1.54) is 16.7 Å². The zero-order chi connectivity index (χ0) is 26.8. The summed E-state index contributed by atoms with van der Waals surface area (Å²) in [7, 11) is 0. The maximum absolute atomic E-state index is 12.8. The fourth-order valence-corrected chi connectivity index (χ4v) is 5.14. The number of hydrogen-bond donors (Lipinski definition) is 6. The van der Waals surface area contributed by atoms with Crippen molar-refractivity contribution in [2.45, 2.75) is 48.7 Å². The molecule has 8 atom stereocenters. The van der Waals surface area contributed by atoms with Gasteiger partial charge in [0.05, 0.1) is 48.0 Å². The molecule has 0 amide bonds. The summed E-state index contributed by atoms with van der Waals surface area (Å²) in [4.78, 5) is 17.2. The third-order valence-electron chi connectivity index (χ3n) is 7.23. The summed E-state index contributed by atoms with van der Waals surface area (Å²) >= 11 is 0. The number of para-hydroxylation sites is 1. The van der Waals surface area contributed by atoms with Gasteiger partial charge >= 0.3 is 0 Å². The van der Waals surface area contributed by atoms with Gasteiger partial charge in [0.25, 0.3) is 5.56 Å². The van der Waals surface area contributed by atoms with Gasteiger partial charge in [-0.2, -0.15) is 0 Å². The van der Waals surface area contributed by atoms with Gasteiger partial charge < -0.3 is 49.6 Å². The highest BCUT2D eigenvalue weighted by atomic mass is 16.8. The number of aliphatic hydroxyl groups excluding tert-OH is 5. The van der Waals surface area contributed by atoms with E-state index in [0.717, 1.165) is 0 Å². The van der Waals surface area contributed by atoms with Gasteiger partial charge in [0, 0.05) is 11.5 Å². The van der Waals surface area contributed by atoms with E-state index >= 15 is 0 Å². The molecule has 0 bridgehead atoms. The van der Waals surface area contributed by atoms with Crippen molar-refractivity contribution in [3.8, 4) is 5.75 Å². The van der Waals surface area contributed by atoms with Gasteiger partial charge in [-0.15, -0.1) is 0 Å². The van der Waals surface area contributed by atoms with Crippen LogP contribution in [0.5, 0.6) is 5.75 Å². The number of aliphatic hydroxyl groups is 6. The molecule has 5 heterocycles. The third-order valence-corrected chi connectivity index (χ3v) is 7.23. The molecule has 2 aliphatic rings. The van der Waals surface area contributed by atoms with Crippen LogP contribution < -0.4 is 10.3 Å². The normalized spacial score (nSPS) is 34.0. The number of fused-ring (bicyclic) bond motifs is 3. The van der Waals surface area contributed by atoms with Crippen molar-refractivity contribution in [2.24, 2.45) is 0 Å². The SMILES string of the molecule is O=c1ccc2ncc(O[C@@H]3O[C@H](CO)[C@@H](O)[C@H](O)[C@H]3O[C@@H]3OC[C@](O)(CO)[C@H]3O)c3c4ccccc4n1c23. The van der Waals surface area contributed by atoms with Crippen molar-refractivity contribution < 1.29 is 49.6 Å². The van der Waals surface area contributed by atoms with Gasteiger partial charge in [-0.3, -0.25) is 14.2 Å². The van der Waals surface area contributed by atoms with E-state index in [9.17, 15) is 35.4 Å². The Hall–Kier alpha value is -2.98. The zero-order valence-electron chi connectivity index (χ0n) is 19.8. The highest BCUT2D eigenvalue weighted by Gasteiger charge is 2.53. The standard InChI is InChI=1S/C25H26N2O11/c28-8-15-19(31)20(32)21(38-24-22(33)25(34,9-29)10-35-24)23(37-15)36-14-7-26-12-5-6-16(30)27-13-4-2-1-3-11(13)17(14)18(12)27/h1-7,15,19-24,28-29,31-34H,8-10H2/t15-,19-,20+,21-,22+,23-,24+,25-/m1/s1. The molecule has 0 saturated carbocycles. The average Bonchev–Trinajstić information content (AvgIpc) is 3.43. The summed E-state index contributed by atoms with van der Waals surface area (Å²) in [5.74, 6) is 0.167. The van der Waals surface area contributed by atoms with Gasteiger partial charge in [-0.1, -0.05) is 18.2 Å². The first-order valence-corrected chi connectivity index (χ1v) is 12.0. The molecule has 4 aromatic rings. The van der Waals surface area contributed by atoms with Crippen LogP contribution in [0.25, 0.3) is 27.3 Å². The van der Waals surface area contributed by atoms with Crippen LogP contribution >= 0.6 is 0 Å². The van der Waals surface area contributed by atoms with Crippen LogP contribution in [0.2, 0.25) is 0 Å². The van der Waals surface area contributed by atoms with Gasteiger partial charge in [-0.25, -0.2) is 0 Å². The number of benzene rings is 1. The second kappa shape index (κ2) is 9.34. The summed E-state index contributed by atoms with van der Waals surface area (Å²) in [6.45, 7) is -1.90. The van der Waals surface area contributed by atoms with E-state index in [2.05, 4.69) is 4.98 Å². The minimum Gasteiger partial charge on any atom is -0.460 e. The van der Waals surface area contributed by atoms with Crippen LogP contribution in [0.15, 0.2) is 47.4 Å². The second-order valence-electron chi connectivity index (χ2n) is 9.57. The van der Waals surface area contributed by atoms with Crippen LogP contribution in [0.1, 0.15) is 0 Å². The fraction of sp³-hybridized carbons (Fsp3) is 0.440. The fourth-order valence-electron chi connectivity index (χ4n) is 5.14. The van der Waals surface area contributed by atoms with Gasteiger partial charge in [0.15, 0.2) is 18.1 Å². The maximum atomic E-state index is 12.8. The molecule has 0 spiro atoms. The van der Waals surface area contributed by atoms with Crippen molar-refractivity contribution in [1.82, 2.24) is 9.38 Å². The molecule has 202 valence electrons. The highest BCUT2D eigenvalue weighted by molar-refractivity contribution is 6.15. The smallest absolute Gasteiger partial charge is 0.255 e. The first kappa shape index (κ1) is 25.3. The summed E-state index contributed by atoms with van der Waals surface area (Å²) in [6.07, 6.45) is -9.21. The van der Waals surface area contributed by atoms with Crippen LogP contribution in [0.3, 0.4) is 0 Å². The zero-order valence-corrected chi connectivity index (χ0v) is 19.8. The molecule has 2 aliphatic heterocycles. The topological polar surface area (TPSA) is 193 Å². The van der Waals surface area contributed by atoms with Gasteiger partial charge in [0.1, 0.15) is 30.0 Å². The number of ether oxygens (including phenoxy) is 4. The molecule has 2 fully saturated rings. The number of pyridine rings is 2. The summed E-state index contributed by atoms with van der Waals surface area (Å²) in [5.41, 5.74) is -0.584. The molecular weight excluding hydrogens is 504 g/mol.